The second-order valence-corrected chi connectivity index (χ2v) is 8.03. The highest BCUT2D eigenvalue weighted by molar-refractivity contribution is 6.22. The van der Waals surface area contributed by atoms with Crippen molar-refractivity contribution in [3.63, 3.8) is 0 Å². The van der Waals surface area contributed by atoms with Crippen LogP contribution in [0, 0.1) is 0 Å². The quantitative estimate of drug-likeness (QED) is 0.347. The molecule has 4 heteroatoms. The molecule has 0 radical (unpaired) electrons. The van der Waals surface area contributed by atoms with Crippen molar-refractivity contribution in [1.29, 1.82) is 0 Å². The van der Waals surface area contributed by atoms with Crippen LogP contribution in [0.1, 0.15) is 0 Å². The van der Waals surface area contributed by atoms with E-state index in [1.807, 2.05) is 84.9 Å². The largest absolute Gasteiger partial charge is 0.304 e. The lowest BCUT2D eigenvalue weighted by Gasteiger charge is -2.09. The van der Waals surface area contributed by atoms with Gasteiger partial charge in [0, 0.05) is 27.4 Å². The van der Waals surface area contributed by atoms with Gasteiger partial charge in [-0.15, -0.1) is 0 Å². The second kappa shape index (κ2) is 6.28. The van der Waals surface area contributed by atoms with E-state index in [1.165, 1.54) is 0 Å². The van der Waals surface area contributed by atoms with Crippen LogP contribution < -0.4 is 5.56 Å². The standard InChI is InChI=1S/C28H17N3O/c32-28-26-24(20-14-7-8-17-23(20)30(26)19-12-5-2-6-13-19)21-15-9-16-22-25(21)31(28)27(29-22)18-10-3-1-4-11-18/h1-17H. The van der Waals surface area contributed by atoms with Crippen molar-refractivity contribution in [2.75, 3.05) is 0 Å². The van der Waals surface area contributed by atoms with E-state index in [-0.39, 0.29) is 5.56 Å². The Morgan fingerprint density at radius 2 is 1.31 bits per heavy atom. The van der Waals surface area contributed by atoms with Crippen molar-refractivity contribution >= 4 is 38.2 Å². The third-order valence-electron chi connectivity index (χ3n) is 6.27. The maximum atomic E-state index is 14.2. The lowest BCUT2D eigenvalue weighted by atomic mass is 10.1. The molecular weight excluding hydrogens is 394 g/mol. The van der Waals surface area contributed by atoms with Gasteiger partial charge in [0.1, 0.15) is 11.3 Å². The van der Waals surface area contributed by atoms with Gasteiger partial charge in [-0.05, 0) is 24.3 Å². The van der Waals surface area contributed by atoms with Gasteiger partial charge < -0.3 is 4.57 Å². The van der Waals surface area contributed by atoms with Gasteiger partial charge in [-0.3, -0.25) is 9.20 Å². The molecule has 4 nitrogen and oxygen atoms in total. The first-order chi connectivity index (χ1) is 15.8. The van der Waals surface area contributed by atoms with Crippen LogP contribution in [0.4, 0.5) is 0 Å². The summed E-state index contributed by atoms with van der Waals surface area (Å²) < 4.78 is 3.88. The zero-order valence-electron chi connectivity index (χ0n) is 17.1. The minimum atomic E-state index is -0.0555. The molecule has 0 N–H and O–H groups in total. The van der Waals surface area contributed by atoms with Gasteiger partial charge in [0.05, 0.1) is 16.6 Å². The summed E-state index contributed by atoms with van der Waals surface area (Å²) in [4.78, 5) is 19.1. The summed E-state index contributed by atoms with van der Waals surface area (Å²) in [6.07, 6.45) is 0. The number of aromatic nitrogens is 3. The van der Waals surface area contributed by atoms with Crippen LogP contribution in [-0.2, 0) is 0 Å². The predicted octanol–water partition coefficient (Wildman–Crippen LogP) is 6.05. The molecule has 3 heterocycles. The van der Waals surface area contributed by atoms with E-state index in [2.05, 4.69) is 22.8 Å². The number of rotatable bonds is 2. The number of hydrogen-bond acceptors (Lipinski definition) is 2. The fourth-order valence-electron chi connectivity index (χ4n) is 4.97. The Kier molecular flexibility index (Phi) is 3.39. The zero-order chi connectivity index (χ0) is 21.2. The summed E-state index contributed by atoms with van der Waals surface area (Å²) in [6, 6.07) is 34.4. The molecule has 7 rings (SSSR count). The van der Waals surface area contributed by atoms with Crippen LogP contribution in [0.25, 0.3) is 55.3 Å². The predicted molar refractivity (Wildman–Crippen MR) is 130 cm³/mol. The fourth-order valence-corrected chi connectivity index (χ4v) is 4.97. The molecule has 0 saturated heterocycles. The topological polar surface area (TPSA) is 39.3 Å². The molecule has 0 spiro atoms. The highest BCUT2D eigenvalue weighted by Crippen LogP contribution is 2.37. The van der Waals surface area contributed by atoms with Gasteiger partial charge in [0.2, 0.25) is 0 Å². The number of nitrogens with zero attached hydrogens (tertiary/aromatic N) is 3. The minimum Gasteiger partial charge on any atom is -0.304 e. The lowest BCUT2D eigenvalue weighted by molar-refractivity contribution is 1.09. The van der Waals surface area contributed by atoms with Crippen molar-refractivity contribution < 1.29 is 0 Å². The molecule has 7 aromatic rings. The molecule has 0 saturated carbocycles. The summed E-state index contributed by atoms with van der Waals surface area (Å²) in [5.41, 5.74) is 5.24. The van der Waals surface area contributed by atoms with Gasteiger partial charge in [-0.2, -0.15) is 0 Å². The number of imidazole rings is 1. The molecule has 0 atom stereocenters. The van der Waals surface area contributed by atoms with Crippen LogP contribution in [-0.4, -0.2) is 14.0 Å². The summed E-state index contributed by atoms with van der Waals surface area (Å²) in [5.74, 6) is 0.675. The molecule has 3 aromatic heterocycles. The minimum absolute atomic E-state index is 0.0555. The number of fused-ring (bicyclic) bond motifs is 4. The van der Waals surface area contributed by atoms with Crippen LogP contribution in [0.2, 0.25) is 0 Å². The Hall–Kier alpha value is -4.44. The van der Waals surface area contributed by atoms with Gasteiger partial charge in [-0.25, -0.2) is 4.98 Å². The normalized spacial score (nSPS) is 11.9. The van der Waals surface area contributed by atoms with Crippen molar-refractivity contribution in [1.82, 2.24) is 14.0 Å². The monoisotopic (exact) mass is 411 g/mol. The fraction of sp³-hybridized carbons (Fsp3) is 0. The molecule has 4 aromatic carbocycles. The average Bonchev–Trinajstić information content (AvgIpc) is 3.41. The summed E-state index contributed by atoms with van der Waals surface area (Å²) in [5, 5.41) is 3.09. The van der Waals surface area contributed by atoms with Gasteiger partial charge in [0.25, 0.3) is 5.56 Å². The smallest absolute Gasteiger partial charge is 0.281 e. The van der Waals surface area contributed by atoms with E-state index in [9.17, 15) is 4.79 Å². The van der Waals surface area contributed by atoms with Gasteiger partial charge >= 0.3 is 0 Å². The average molecular weight is 411 g/mol. The Morgan fingerprint density at radius 3 is 2.12 bits per heavy atom. The van der Waals surface area contributed by atoms with Crippen LogP contribution >= 0.6 is 0 Å². The molecule has 32 heavy (non-hydrogen) atoms. The van der Waals surface area contributed by atoms with Crippen molar-refractivity contribution in [3.05, 3.63) is 113 Å². The number of para-hydroxylation sites is 3. The van der Waals surface area contributed by atoms with E-state index in [4.69, 9.17) is 4.98 Å². The van der Waals surface area contributed by atoms with Crippen LogP contribution in [0.3, 0.4) is 0 Å². The highest BCUT2D eigenvalue weighted by Gasteiger charge is 2.23. The van der Waals surface area contributed by atoms with Crippen LogP contribution in [0.5, 0.6) is 0 Å². The number of pyridine rings is 1. The molecule has 0 fully saturated rings. The Morgan fingerprint density at radius 1 is 0.625 bits per heavy atom. The Labute approximate surface area is 182 Å². The van der Waals surface area contributed by atoms with E-state index < -0.39 is 0 Å². The summed E-state index contributed by atoms with van der Waals surface area (Å²) in [6.45, 7) is 0. The first kappa shape index (κ1) is 17.3. The first-order valence-corrected chi connectivity index (χ1v) is 10.6. The van der Waals surface area contributed by atoms with E-state index in [1.54, 1.807) is 4.40 Å². The number of benzene rings is 4. The molecule has 0 amide bonds. The molecule has 0 aliphatic heterocycles. The molecule has 0 aliphatic rings. The van der Waals surface area contributed by atoms with Crippen molar-refractivity contribution in [3.8, 4) is 17.1 Å². The molecular formula is C28H17N3O. The second-order valence-electron chi connectivity index (χ2n) is 8.03. The zero-order valence-corrected chi connectivity index (χ0v) is 17.1. The van der Waals surface area contributed by atoms with Gasteiger partial charge in [-0.1, -0.05) is 78.9 Å². The lowest BCUT2D eigenvalue weighted by Crippen LogP contribution is -2.16. The summed E-state index contributed by atoms with van der Waals surface area (Å²) >= 11 is 0. The van der Waals surface area contributed by atoms with E-state index in [0.717, 1.165) is 44.0 Å². The SMILES string of the molecule is O=c1c2c(c3ccccc3n2-c2ccccc2)c2cccc3nc(-c4ccccc4)n1c32. The maximum absolute atomic E-state index is 14.2. The van der Waals surface area contributed by atoms with Crippen molar-refractivity contribution in [2.45, 2.75) is 0 Å². The van der Waals surface area contributed by atoms with E-state index in [0.29, 0.717) is 11.3 Å². The molecule has 0 aliphatic carbocycles. The maximum Gasteiger partial charge on any atom is 0.281 e. The molecule has 0 unspecified atom stereocenters. The van der Waals surface area contributed by atoms with Gasteiger partial charge in [0.15, 0.2) is 0 Å². The number of hydrogen-bond donors (Lipinski definition) is 0. The first-order valence-electron chi connectivity index (χ1n) is 10.6. The van der Waals surface area contributed by atoms with E-state index >= 15 is 0 Å². The third-order valence-corrected chi connectivity index (χ3v) is 6.27. The Bertz CT molecular complexity index is 1830. The highest BCUT2D eigenvalue weighted by atomic mass is 16.1. The molecule has 0 bridgehead atoms. The molecule has 150 valence electrons. The third kappa shape index (κ3) is 2.16. The van der Waals surface area contributed by atoms with Crippen LogP contribution in [0.15, 0.2) is 108 Å². The Balaban J connectivity index is 1.80. The van der Waals surface area contributed by atoms with Crippen molar-refractivity contribution in [2.24, 2.45) is 0 Å². The summed E-state index contributed by atoms with van der Waals surface area (Å²) in [7, 11) is 0.